The lowest BCUT2D eigenvalue weighted by Gasteiger charge is -2.32. The van der Waals surface area contributed by atoms with Crippen LogP contribution in [0.15, 0.2) is 18.2 Å². The average molecular weight is 533 g/mol. The molecule has 0 atom stereocenters. The largest absolute Gasteiger partial charge is 0.464 e. The molecule has 3 aliphatic rings. The van der Waals surface area contributed by atoms with Crippen molar-refractivity contribution in [3.05, 3.63) is 45.5 Å². The Kier molecular flexibility index (Phi) is 7.49. The van der Waals surface area contributed by atoms with Gasteiger partial charge in [0.15, 0.2) is 6.61 Å². The summed E-state index contributed by atoms with van der Waals surface area (Å²) in [5.74, 6) is -2.34. The first-order valence-electron chi connectivity index (χ1n) is 13.1. The lowest BCUT2D eigenvalue weighted by molar-refractivity contribution is -0.0230. The smallest absolute Gasteiger partial charge is 0.278 e. The summed E-state index contributed by atoms with van der Waals surface area (Å²) in [7, 11) is 1.76. The van der Waals surface area contributed by atoms with Crippen LogP contribution in [0.5, 0.6) is 5.19 Å². The Morgan fingerprint density at radius 1 is 1.24 bits per heavy atom. The number of amides is 2. The summed E-state index contributed by atoms with van der Waals surface area (Å²) < 4.78 is 31.4. The van der Waals surface area contributed by atoms with Crippen LogP contribution in [0.2, 0.25) is 0 Å². The number of benzene rings is 1. The number of aromatic nitrogens is 1. The molecule has 37 heavy (non-hydrogen) atoms. The van der Waals surface area contributed by atoms with E-state index in [0.717, 1.165) is 81.2 Å². The van der Waals surface area contributed by atoms with Crippen LogP contribution in [0.1, 0.15) is 75.9 Å². The van der Waals surface area contributed by atoms with Crippen molar-refractivity contribution in [2.75, 3.05) is 26.7 Å². The number of carbonyl (C=O) groups is 2. The van der Waals surface area contributed by atoms with E-state index in [2.05, 4.69) is 15.2 Å². The van der Waals surface area contributed by atoms with Gasteiger partial charge in [-0.15, -0.1) is 0 Å². The second-order valence-electron chi connectivity index (χ2n) is 10.7. The first kappa shape index (κ1) is 26.0. The zero-order valence-corrected chi connectivity index (χ0v) is 22.2. The van der Waals surface area contributed by atoms with Gasteiger partial charge < -0.3 is 15.0 Å². The van der Waals surface area contributed by atoms with Gasteiger partial charge in [-0.05, 0) is 68.7 Å². The van der Waals surface area contributed by atoms with Crippen molar-refractivity contribution in [2.24, 2.45) is 5.92 Å². The molecule has 3 heterocycles. The predicted molar refractivity (Wildman–Crippen MR) is 137 cm³/mol. The van der Waals surface area contributed by atoms with Gasteiger partial charge in [0.25, 0.3) is 22.9 Å². The minimum absolute atomic E-state index is 0.0280. The number of ether oxygens (including phenoxy) is 1. The van der Waals surface area contributed by atoms with Crippen molar-refractivity contribution in [1.82, 2.24) is 20.1 Å². The van der Waals surface area contributed by atoms with Gasteiger partial charge in [-0.3, -0.25) is 14.5 Å². The number of rotatable bonds is 8. The van der Waals surface area contributed by atoms with Crippen molar-refractivity contribution in [3.63, 3.8) is 0 Å². The molecule has 1 aliphatic carbocycles. The first-order valence-corrected chi connectivity index (χ1v) is 13.9. The molecule has 2 aliphatic heterocycles. The number of thiazole rings is 1. The molecule has 0 radical (unpaired) electrons. The van der Waals surface area contributed by atoms with Gasteiger partial charge in [0.2, 0.25) is 0 Å². The van der Waals surface area contributed by atoms with Gasteiger partial charge in [0.05, 0.1) is 5.69 Å². The van der Waals surface area contributed by atoms with Crippen LogP contribution >= 0.6 is 11.3 Å². The third-order valence-corrected chi connectivity index (χ3v) is 8.73. The van der Waals surface area contributed by atoms with E-state index in [9.17, 15) is 18.4 Å². The van der Waals surface area contributed by atoms with Crippen LogP contribution in [-0.4, -0.2) is 65.3 Å². The molecular weight excluding hydrogens is 498 g/mol. The third kappa shape index (κ3) is 6.12. The summed E-state index contributed by atoms with van der Waals surface area (Å²) in [6, 6.07) is 5.55. The molecule has 0 unspecified atom stereocenters. The van der Waals surface area contributed by atoms with Gasteiger partial charge in [-0.2, -0.15) is 0 Å². The van der Waals surface area contributed by atoms with Crippen molar-refractivity contribution in [3.8, 4) is 5.19 Å². The highest BCUT2D eigenvalue weighted by Crippen LogP contribution is 2.32. The monoisotopic (exact) mass is 532 g/mol. The van der Waals surface area contributed by atoms with Crippen molar-refractivity contribution in [2.45, 2.75) is 70.5 Å². The lowest BCUT2D eigenvalue weighted by atomic mass is 9.83. The number of nitrogens with zero attached hydrogens (tertiary/aromatic N) is 3. The molecule has 10 heteroatoms. The Morgan fingerprint density at radius 2 is 2.03 bits per heavy atom. The summed E-state index contributed by atoms with van der Waals surface area (Å²) in [6.45, 7) is 3.36. The number of halogens is 2. The van der Waals surface area contributed by atoms with E-state index in [-0.39, 0.29) is 17.9 Å². The molecule has 7 nitrogen and oxygen atoms in total. The number of hydrogen-bond donors (Lipinski definition) is 1. The summed E-state index contributed by atoms with van der Waals surface area (Å²) in [5, 5.41) is 3.55. The van der Waals surface area contributed by atoms with E-state index in [4.69, 9.17) is 4.74 Å². The summed E-state index contributed by atoms with van der Waals surface area (Å²) in [4.78, 5) is 34.9. The first-order chi connectivity index (χ1) is 17.7. The molecule has 0 saturated heterocycles. The van der Waals surface area contributed by atoms with Gasteiger partial charge in [-0.1, -0.05) is 17.4 Å². The third-order valence-electron chi connectivity index (χ3n) is 7.66. The molecule has 1 N–H and O–H groups in total. The minimum Gasteiger partial charge on any atom is -0.464 e. The summed E-state index contributed by atoms with van der Waals surface area (Å²) in [5.41, 5.74) is 3.03. The van der Waals surface area contributed by atoms with Crippen LogP contribution in [0, 0.1) is 5.92 Å². The van der Waals surface area contributed by atoms with Gasteiger partial charge in [0, 0.05) is 55.7 Å². The van der Waals surface area contributed by atoms with Crippen molar-refractivity contribution >= 4 is 23.2 Å². The molecule has 1 aromatic carbocycles. The predicted octanol–water partition coefficient (Wildman–Crippen LogP) is 4.50. The molecule has 0 bridgehead atoms. The topological polar surface area (TPSA) is 74.8 Å². The number of fused-ring (bicyclic) bond motifs is 2. The molecule has 0 spiro atoms. The molecule has 2 aromatic rings. The van der Waals surface area contributed by atoms with E-state index < -0.39 is 12.5 Å². The second kappa shape index (κ2) is 10.6. The van der Waals surface area contributed by atoms with Crippen molar-refractivity contribution in [1.29, 1.82) is 0 Å². The van der Waals surface area contributed by atoms with Crippen LogP contribution < -0.4 is 10.1 Å². The Labute approximate surface area is 220 Å². The molecule has 1 saturated carbocycles. The number of alkyl halides is 2. The highest BCUT2D eigenvalue weighted by Gasteiger charge is 2.30. The highest BCUT2D eigenvalue weighted by molar-refractivity contribution is 7.13. The van der Waals surface area contributed by atoms with Crippen LogP contribution in [-0.2, 0) is 19.5 Å². The number of hydrogen-bond acceptors (Lipinski definition) is 6. The number of nitrogens with one attached hydrogen (secondary N) is 1. The molecule has 5 rings (SSSR count). The van der Waals surface area contributed by atoms with Crippen LogP contribution in [0.4, 0.5) is 8.78 Å². The Morgan fingerprint density at radius 3 is 2.78 bits per heavy atom. The Balaban J connectivity index is 1.06. The molecule has 200 valence electrons. The average Bonchev–Trinajstić information content (AvgIpc) is 3.41. The fourth-order valence-corrected chi connectivity index (χ4v) is 6.48. The van der Waals surface area contributed by atoms with Gasteiger partial charge in [-0.25, -0.2) is 13.8 Å². The second-order valence-corrected chi connectivity index (χ2v) is 11.8. The fraction of sp³-hybridized carbons (Fsp3) is 0.593. The molecule has 1 aromatic heterocycles. The zero-order valence-electron chi connectivity index (χ0n) is 21.4. The van der Waals surface area contributed by atoms with Gasteiger partial charge >= 0.3 is 0 Å². The van der Waals surface area contributed by atoms with Crippen LogP contribution in [0.3, 0.4) is 0 Å². The maximum Gasteiger partial charge on any atom is 0.278 e. The van der Waals surface area contributed by atoms with E-state index in [1.165, 1.54) is 11.3 Å². The quantitative estimate of drug-likeness (QED) is 0.542. The summed E-state index contributed by atoms with van der Waals surface area (Å²) >= 11 is 1.39. The van der Waals surface area contributed by atoms with E-state index in [0.29, 0.717) is 28.8 Å². The fourth-order valence-electron chi connectivity index (χ4n) is 5.58. The molecule has 1 fully saturated rings. The van der Waals surface area contributed by atoms with Crippen molar-refractivity contribution < 1.29 is 23.1 Å². The van der Waals surface area contributed by atoms with Crippen LogP contribution in [0.25, 0.3) is 0 Å². The maximum absolute atomic E-state index is 13.1. The normalized spacial score (nSPS) is 22.1. The lowest BCUT2D eigenvalue weighted by Crippen LogP contribution is -2.38. The zero-order chi connectivity index (χ0) is 26.2. The van der Waals surface area contributed by atoms with E-state index in [1.54, 1.807) is 24.1 Å². The molecular formula is C27H34F2N4O3S. The summed E-state index contributed by atoms with van der Waals surface area (Å²) in [6.07, 6.45) is 6.07. The standard InChI is InChI=1S/C27H34F2N4O3S/c1-27(28,29)16-36-26-31-22-15-33(13-11-23(22)37-26)12-10-17-6-8-18(9-7-17)30-24(34)19-4-3-5-20-21(19)14-32(2)25(20)35/h3-5,17-18H,6-16H2,1-2H3,(H,30,34)/t17-,18-. The Hall–Kier alpha value is -2.59. The highest BCUT2D eigenvalue weighted by atomic mass is 32.1. The molecule has 2 amide bonds. The van der Waals surface area contributed by atoms with E-state index >= 15 is 0 Å². The SMILES string of the molecule is CN1Cc2c(C(=O)N[C@H]3CC[C@H](CCN4CCc5sc(OCC(C)(F)F)nc5C4)CC3)cccc2C1=O. The Bertz CT molecular complexity index is 1160. The van der Waals surface area contributed by atoms with Gasteiger partial charge in [0.1, 0.15) is 0 Å². The maximum atomic E-state index is 13.1. The minimum atomic E-state index is -2.86. The number of carbonyl (C=O) groups excluding carboxylic acids is 2. The van der Waals surface area contributed by atoms with E-state index in [1.807, 2.05) is 6.07 Å².